The van der Waals surface area contributed by atoms with Crippen LogP contribution in [0.5, 0.6) is 11.5 Å². The molecule has 0 saturated carbocycles. The molecule has 0 saturated heterocycles. The predicted octanol–water partition coefficient (Wildman–Crippen LogP) is 2.73. The van der Waals surface area contributed by atoms with Crippen LogP contribution < -0.4 is 14.8 Å². The number of aromatic carboxylic acids is 1. The molecule has 0 spiro atoms. The van der Waals surface area contributed by atoms with Gasteiger partial charge in [-0.1, -0.05) is 13.8 Å². The zero-order valence-electron chi connectivity index (χ0n) is 18.1. The van der Waals surface area contributed by atoms with Crippen molar-refractivity contribution in [3.63, 3.8) is 0 Å². The van der Waals surface area contributed by atoms with E-state index >= 15 is 0 Å². The second kappa shape index (κ2) is 9.27. The second-order valence-electron chi connectivity index (χ2n) is 7.47. The zero-order valence-corrected chi connectivity index (χ0v) is 18.1. The molecule has 0 radical (unpaired) electrons. The van der Waals surface area contributed by atoms with Crippen LogP contribution >= 0.6 is 0 Å². The standard InChI is InChI=1S/C23H26N4O5/c1-3-26(4-2)9-10-27-18-7-5-16(23(29)30)11-17(18)25-21(27)13-24-22(28)15-6-8-19-20(12-15)32-14-31-19/h5-8,11-12H,3-4,9-10,13-14H2,1-2H3,(H,24,28)(H,29,30). The van der Waals surface area contributed by atoms with Crippen LogP contribution in [0.25, 0.3) is 11.0 Å². The van der Waals surface area contributed by atoms with Crippen LogP contribution in [0, 0.1) is 0 Å². The number of carbonyl (C=O) groups excluding carboxylic acids is 1. The number of fused-ring (bicyclic) bond motifs is 2. The van der Waals surface area contributed by atoms with Crippen molar-refractivity contribution >= 4 is 22.9 Å². The summed E-state index contributed by atoms with van der Waals surface area (Å²) in [4.78, 5) is 31.0. The average Bonchev–Trinajstić information content (AvgIpc) is 3.41. The van der Waals surface area contributed by atoms with Gasteiger partial charge in [-0.2, -0.15) is 0 Å². The molecule has 1 amide bonds. The van der Waals surface area contributed by atoms with Gasteiger partial charge in [0, 0.05) is 18.7 Å². The van der Waals surface area contributed by atoms with Crippen molar-refractivity contribution in [2.45, 2.75) is 26.9 Å². The number of imidazole rings is 1. The van der Waals surface area contributed by atoms with Crippen LogP contribution in [0.2, 0.25) is 0 Å². The minimum Gasteiger partial charge on any atom is -0.478 e. The van der Waals surface area contributed by atoms with Crippen molar-refractivity contribution in [1.29, 1.82) is 0 Å². The number of amides is 1. The van der Waals surface area contributed by atoms with Gasteiger partial charge in [-0.15, -0.1) is 0 Å². The molecule has 1 aliphatic heterocycles. The third-order valence-electron chi connectivity index (χ3n) is 5.65. The van der Waals surface area contributed by atoms with E-state index < -0.39 is 5.97 Å². The normalized spacial score (nSPS) is 12.5. The Bertz CT molecular complexity index is 1150. The van der Waals surface area contributed by atoms with Gasteiger partial charge < -0.3 is 29.4 Å². The van der Waals surface area contributed by atoms with Crippen LogP contribution in [0.1, 0.15) is 40.4 Å². The summed E-state index contributed by atoms with van der Waals surface area (Å²) in [5.41, 5.74) is 2.08. The smallest absolute Gasteiger partial charge is 0.335 e. The quantitative estimate of drug-likeness (QED) is 0.529. The molecular formula is C23H26N4O5. The summed E-state index contributed by atoms with van der Waals surface area (Å²) in [7, 11) is 0. The molecule has 9 nitrogen and oxygen atoms in total. The molecule has 1 aromatic heterocycles. The fourth-order valence-corrected chi connectivity index (χ4v) is 3.78. The molecule has 0 fully saturated rings. The van der Waals surface area contributed by atoms with E-state index in [1.54, 1.807) is 36.4 Å². The highest BCUT2D eigenvalue weighted by Crippen LogP contribution is 2.32. The highest BCUT2D eigenvalue weighted by molar-refractivity contribution is 5.95. The first kappa shape index (κ1) is 21.6. The van der Waals surface area contributed by atoms with Crippen LogP contribution in [-0.4, -0.2) is 57.9 Å². The van der Waals surface area contributed by atoms with E-state index in [0.29, 0.717) is 34.9 Å². The lowest BCUT2D eigenvalue weighted by Crippen LogP contribution is -2.29. The maximum atomic E-state index is 12.7. The van der Waals surface area contributed by atoms with E-state index in [1.165, 1.54) is 0 Å². The summed E-state index contributed by atoms with van der Waals surface area (Å²) in [6, 6.07) is 9.97. The number of ether oxygens (including phenoxy) is 2. The maximum Gasteiger partial charge on any atom is 0.335 e. The second-order valence-corrected chi connectivity index (χ2v) is 7.47. The minimum atomic E-state index is -0.998. The van der Waals surface area contributed by atoms with Gasteiger partial charge >= 0.3 is 5.97 Å². The number of carboxylic acid groups (broad SMARTS) is 1. The number of carbonyl (C=O) groups is 2. The summed E-state index contributed by atoms with van der Waals surface area (Å²) < 4.78 is 12.7. The van der Waals surface area contributed by atoms with E-state index in [-0.39, 0.29) is 24.8 Å². The Kier molecular flexibility index (Phi) is 6.27. The average molecular weight is 438 g/mol. The number of hydrogen-bond acceptors (Lipinski definition) is 6. The first-order valence-corrected chi connectivity index (χ1v) is 10.6. The van der Waals surface area contributed by atoms with Gasteiger partial charge in [0.2, 0.25) is 6.79 Å². The molecule has 0 unspecified atom stereocenters. The molecule has 168 valence electrons. The number of likely N-dealkylation sites (N-methyl/N-ethyl adjacent to an activating group) is 1. The van der Waals surface area contributed by atoms with Crippen LogP contribution in [0.15, 0.2) is 36.4 Å². The van der Waals surface area contributed by atoms with Gasteiger partial charge in [0.25, 0.3) is 5.91 Å². The highest BCUT2D eigenvalue weighted by atomic mass is 16.7. The van der Waals surface area contributed by atoms with Gasteiger partial charge in [0.15, 0.2) is 11.5 Å². The van der Waals surface area contributed by atoms with E-state index in [9.17, 15) is 14.7 Å². The largest absolute Gasteiger partial charge is 0.478 e. The Morgan fingerprint density at radius 2 is 1.84 bits per heavy atom. The first-order valence-electron chi connectivity index (χ1n) is 10.6. The maximum absolute atomic E-state index is 12.7. The lowest BCUT2D eigenvalue weighted by Gasteiger charge is -2.19. The third kappa shape index (κ3) is 4.38. The summed E-state index contributed by atoms with van der Waals surface area (Å²) >= 11 is 0. The zero-order chi connectivity index (χ0) is 22.7. The highest BCUT2D eigenvalue weighted by Gasteiger charge is 2.18. The van der Waals surface area contributed by atoms with Gasteiger partial charge in [-0.05, 0) is 49.5 Å². The van der Waals surface area contributed by atoms with Crippen molar-refractivity contribution in [2.75, 3.05) is 26.4 Å². The van der Waals surface area contributed by atoms with Crippen molar-refractivity contribution in [3.8, 4) is 11.5 Å². The molecule has 0 aliphatic carbocycles. The third-order valence-corrected chi connectivity index (χ3v) is 5.65. The van der Waals surface area contributed by atoms with Crippen LogP contribution in [0.3, 0.4) is 0 Å². The van der Waals surface area contributed by atoms with Crippen LogP contribution in [0.4, 0.5) is 0 Å². The Balaban J connectivity index is 1.57. The van der Waals surface area contributed by atoms with Crippen molar-refractivity contribution in [1.82, 2.24) is 19.8 Å². The first-order chi connectivity index (χ1) is 15.5. The molecule has 32 heavy (non-hydrogen) atoms. The lowest BCUT2D eigenvalue weighted by atomic mass is 10.2. The minimum absolute atomic E-state index is 0.148. The fourth-order valence-electron chi connectivity index (χ4n) is 3.78. The van der Waals surface area contributed by atoms with Gasteiger partial charge in [0.1, 0.15) is 5.82 Å². The summed E-state index contributed by atoms with van der Waals surface area (Å²) in [5, 5.41) is 12.2. The molecular weight excluding hydrogens is 412 g/mol. The summed E-state index contributed by atoms with van der Waals surface area (Å²) in [5.74, 6) is 0.585. The number of aromatic nitrogens is 2. The van der Waals surface area contributed by atoms with Gasteiger partial charge in [-0.3, -0.25) is 4.79 Å². The number of benzene rings is 2. The van der Waals surface area contributed by atoms with E-state index in [0.717, 1.165) is 25.2 Å². The molecule has 2 N–H and O–H groups in total. The Morgan fingerprint density at radius 3 is 2.59 bits per heavy atom. The van der Waals surface area contributed by atoms with Gasteiger partial charge in [0.05, 0.1) is 23.1 Å². The SMILES string of the molecule is CCN(CC)CCn1c(CNC(=O)c2ccc3c(c2)OCO3)nc2cc(C(=O)O)ccc21. The number of nitrogens with zero attached hydrogens (tertiary/aromatic N) is 3. The lowest BCUT2D eigenvalue weighted by molar-refractivity contribution is 0.0696. The number of nitrogens with one attached hydrogen (secondary N) is 1. The molecule has 2 aromatic carbocycles. The molecule has 0 atom stereocenters. The summed E-state index contributed by atoms with van der Waals surface area (Å²) in [6.07, 6.45) is 0. The molecule has 1 aliphatic rings. The topological polar surface area (TPSA) is 106 Å². The molecule has 0 bridgehead atoms. The molecule has 4 rings (SSSR count). The monoisotopic (exact) mass is 438 g/mol. The Morgan fingerprint density at radius 1 is 1.09 bits per heavy atom. The Labute approximate surface area is 185 Å². The number of carboxylic acids is 1. The number of hydrogen-bond donors (Lipinski definition) is 2. The van der Waals surface area contributed by atoms with E-state index in [4.69, 9.17) is 9.47 Å². The van der Waals surface area contributed by atoms with Crippen LogP contribution in [-0.2, 0) is 13.1 Å². The number of rotatable bonds is 9. The van der Waals surface area contributed by atoms with E-state index in [1.807, 2.05) is 4.57 Å². The van der Waals surface area contributed by atoms with Crippen molar-refractivity contribution in [2.24, 2.45) is 0 Å². The van der Waals surface area contributed by atoms with E-state index in [2.05, 4.69) is 29.0 Å². The fraction of sp³-hybridized carbons (Fsp3) is 0.348. The molecule has 3 aromatic rings. The Hall–Kier alpha value is -3.59. The van der Waals surface area contributed by atoms with Gasteiger partial charge in [-0.25, -0.2) is 9.78 Å². The summed E-state index contributed by atoms with van der Waals surface area (Å²) in [6.45, 7) is 7.95. The molecule has 2 heterocycles. The van der Waals surface area contributed by atoms with Crippen molar-refractivity contribution in [3.05, 3.63) is 53.3 Å². The predicted molar refractivity (Wildman–Crippen MR) is 118 cm³/mol. The van der Waals surface area contributed by atoms with Crippen molar-refractivity contribution < 1.29 is 24.2 Å². The molecule has 9 heteroatoms.